The molecule has 1 aromatic carbocycles. The Morgan fingerprint density at radius 1 is 1.17 bits per heavy atom. The van der Waals surface area contributed by atoms with Crippen LogP contribution in [0.15, 0.2) is 29.1 Å². The van der Waals surface area contributed by atoms with Crippen LogP contribution >= 0.6 is 0 Å². The number of rotatable bonds is 2. The quantitative estimate of drug-likeness (QED) is 0.856. The number of hydrogen-bond acceptors (Lipinski definition) is 3. The van der Waals surface area contributed by atoms with Gasteiger partial charge >= 0.3 is 0 Å². The highest BCUT2D eigenvalue weighted by Gasteiger charge is 2.28. The molecular weight excluding hydrogens is 290 g/mol. The Hall–Kier alpha value is -2.17. The molecule has 0 spiro atoms. The molecule has 0 aliphatic carbocycles. The third kappa shape index (κ3) is 2.87. The van der Waals surface area contributed by atoms with Crippen molar-refractivity contribution >= 4 is 16.7 Å². The Labute approximate surface area is 135 Å². The van der Waals surface area contributed by atoms with Crippen molar-refractivity contribution in [3.63, 3.8) is 0 Å². The second-order valence-corrected chi connectivity index (χ2v) is 6.67. The van der Waals surface area contributed by atoms with Crippen LogP contribution in [0.5, 0.6) is 0 Å². The van der Waals surface area contributed by atoms with Crippen LogP contribution in [0.3, 0.4) is 0 Å². The highest BCUT2D eigenvalue weighted by atomic mass is 16.2. The standard InChI is InChI=1S/C18H23N3O2/c1-4-21-17(22)15-8-6-5-7-14(15)16(19-21)18(23)20-10-12(2)9-13(3)11-20/h5-8,12-13H,4,9-11H2,1-3H3/t12-,13+. The number of piperidine rings is 1. The van der Waals surface area contributed by atoms with E-state index in [0.717, 1.165) is 19.5 Å². The number of benzene rings is 1. The lowest BCUT2D eigenvalue weighted by atomic mass is 9.91. The molecule has 2 aromatic rings. The second-order valence-electron chi connectivity index (χ2n) is 6.67. The summed E-state index contributed by atoms with van der Waals surface area (Å²) in [6, 6.07) is 7.25. The van der Waals surface area contributed by atoms with E-state index in [1.54, 1.807) is 6.07 Å². The predicted molar refractivity (Wildman–Crippen MR) is 90.5 cm³/mol. The van der Waals surface area contributed by atoms with Gasteiger partial charge in [0.1, 0.15) is 0 Å². The Balaban J connectivity index is 2.10. The minimum absolute atomic E-state index is 0.0678. The molecule has 1 aliphatic heterocycles. The first kappa shape index (κ1) is 15.7. The average Bonchev–Trinajstić information content (AvgIpc) is 2.54. The van der Waals surface area contributed by atoms with E-state index < -0.39 is 0 Å². The van der Waals surface area contributed by atoms with E-state index in [1.807, 2.05) is 30.0 Å². The number of aryl methyl sites for hydroxylation is 1. The van der Waals surface area contributed by atoms with Crippen molar-refractivity contribution in [2.24, 2.45) is 11.8 Å². The molecule has 0 N–H and O–H groups in total. The van der Waals surface area contributed by atoms with Gasteiger partial charge in [0.2, 0.25) is 0 Å². The van der Waals surface area contributed by atoms with Crippen LogP contribution in [0.1, 0.15) is 37.7 Å². The van der Waals surface area contributed by atoms with Gasteiger partial charge in [0.25, 0.3) is 11.5 Å². The minimum atomic E-state index is -0.139. The summed E-state index contributed by atoms with van der Waals surface area (Å²) in [7, 11) is 0. The SMILES string of the molecule is CCn1nc(C(=O)N2C[C@H](C)C[C@H](C)C2)c2ccccc2c1=O. The van der Waals surface area contributed by atoms with Gasteiger partial charge in [-0.05, 0) is 31.2 Å². The number of nitrogens with zero attached hydrogens (tertiary/aromatic N) is 3. The van der Waals surface area contributed by atoms with E-state index in [4.69, 9.17) is 0 Å². The molecule has 1 fully saturated rings. The molecule has 0 bridgehead atoms. The summed E-state index contributed by atoms with van der Waals surface area (Å²) in [5.41, 5.74) is 0.253. The molecule has 1 saturated heterocycles. The number of hydrogen-bond donors (Lipinski definition) is 0. The van der Waals surface area contributed by atoms with E-state index in [9.17, 15) is 9.59 Å². The Kier molecular flexibility index (Phi) is 4.20. The smallest absolute Gasteiger partial charge is 0.274 e. The summed E-state index contributed by atoms with van der Waals surface area (Å²) in [6.07, 6.45) is 1.15. The van der Waals surface area contributed by atoms with Crippen LogP contribution in [0.25, 0.3) is 10.8 Å². The van der Waals surface area contributed by atoms with Crippen LogP contribution in [0, 0.1) is 11.8 Å². The maximum atomic E-state index is 13.0. The molecule has 1 amide bonds. The molecule has 2 heterocycles. The van der Waals surface area contributed by atoms with Gasteiger partial charge in [0, 0.05) is 25.0 Å². The summed E-state index contributed by atoms with van der Waals surface area (Å²) in [4.78, 5) is 27.3. The van der Waals surface area contributed by atoms with E-state index in [1.165, 1.54) is 4.68 Å². The van der Waals surface area contributed by atoms with Crippen molar-refractivity contribution in [2.45, 2.75) is 33.7 Å². The number of aromatic nitrogens is 2. The van der Waals surface area contributed by atoms with Crippen LogP contribution in [-0.4, -0.2) is 33.7 Å². The van der Waals surface area contributed by atoms with Crippen molar-refractivity contribution in [3.05, 3.63) is 40.3 Å². The van der Waals surface area contributed by atoms with Gasteiger partial charge in [0.05, 0.1) is 5.39 Å². The Morgan fingerprint density at radius 3 is 2.39 bits per heavy atom. The zero-order chi connectivity index (χ0) is 16.6. The highest BCUT2D eigenvalue weighted by Crippen LogP contribution is 2.23. The molecule has 2 atom stereocenters. The largest absolute Gasteiger partial charge is 0.337 e. The normalized spacial score (nSPS) is 21.6. The lowest BCUT2D eigenvalue weighted by Crippen LogP contribution is -2.43. The molecule has 23 heavy (non-hydrogen) atoms. The van der Waals surface area contributed by atoms with Crippen molar-refractivity contribution < 1.29 is 4.79 Å². The van der Waals surface area contributed by atoms with Crippen LogP contribution in [0.2, 0.25) is 0 Å². The van der Waals surface area contributed by atoms with Gasteiger partial charge in [-0.3, -0.25) is 9.59 Å². The lowest BCUT2D eigenvalue weighted by Gasteiger charge is -2.35. The molecule has 5 heteroatoms. The van der Waals surface area contributed by atoms with Gasteiger partial charge in [-0.1, -0.05) is 32.0 Å². The third-order valence-corrected chi connectivity index (χ3v) is 4.53. The topological polar surface area (TPSA) is 55.2 Å². The first-order valence-corrected chi connectivity index (χ1v) is 8.30. The Morgan fingerprint density at radius 2 is 1.78 bits per heavy atom. The number of likely N-dealkylation sites (tertiary alicyclic amines) is 1. The molecule has 122 valence electrons. The fourth-order valence-corrected chi connectivity index (χ4v) is 3.59. The summed E-state index contributed by atoms with van der Waals surface area (Å²) in [5, 5.41) is 5.57. The van der Waals surface area contributed by atoms with Gasteiger partial charge in [-0.25, -0.2) is 4.68 Å². The number of fused-ring (bicyclic) bond motifs is 1. The predicted octanol–water partition coefficient (Wildman–Crippen LogP) is 2.53. The zero-order valence-electron chi connectivity index (χ0n) is 14.0. The van der Waals surface area contributed by atoms with Crippen molar-refractivity contribution in [1.82, 2.24) is 14.7 Å². The van der Waals surface area contributed by atoms with Gasteiger partial charge < -0.3 is 4.90 Å². The fourth-order valence-electron chi connectivity index (χ4n) is 3.59. The summed E-state index contributed by atoms with van der Waals surface area (Å²) in [5.74, 6) is 0.916. The molecule has 1 aromatic heterocycles. The molecule has 0 unspecified atom stereocenters. The van der Waals surface area contributed by atoms with Crippen LogP contribution in [-0.2, 0) is 6.54 Å². The number of carbonyl (C=O) groups excluding carboxylic acids is 1. The highest BCUT2D eigenvalue weighted by molar-refractivity contribution is 6.04. The zero-order valence-corrected chi connectivity index (χ0v) is 14.0. The number of amides is 1. The van der Waals surface area contributed by atoms with Crippen LogP contribution < -0.4 is 5.56 Å². The van der Waals surface area contributed by atoms with Gasteiger partial charge in [-0.15, -0.1) is 0 Å². The number of carbonyl (C=O) groups is 1. The van der Waals surface area contributed by atoms with Crippen molar-refractivity contribution in [1.29, 1.82) is 0 Å². The summed E-state index contributed by atoms with van der Waals surface area (Å²) in [6.45, 7) is 8.18. The average molecular weight is 313 g/mol. The molecule has 5 nitrogen and oxygen atoms in total. The van der Waals surface area contributed by atoms with Crippen molar-refractivity contribution in [2.75, 3.05) is 13.1 Å². The molecule has 3 rings (SSSR count). The first-order valence-electron chi connectivity index (χ1n) is 8.30. The lowest BCUT2D eigenvalue weighted by molar-refractivity contribution is 0.0617. The molecule has 0 saturated carbocycles. The second kappa shape index (κ2) is 6.14. The fraction of sp³-hybridized carbons (Fsp3) is 0.500. The maximum Gasteiger partial charge on any atom is 0.274 e. The minimum Gasteiger partial charge on any atom is -0.337 e. The van der Waals surface area contributed by atoms with Crippen molar-refractivity contribution in [3.8, 4) is 0 Å². The van der Waals surface area contributed by atoms with E-state index in [2.05, 4.69) is 18.9 Å². The monoisotopic (exact) mass is 313 g/mol. The molecule has 1 aliphatic rings. The molecular formula is C18H23N3O2. The van der Waals surface area contributed by atoms with E-state index >= 15 is 0 Å². The van der Waals surface area contributed by atoms with Gasteiger partial charge in [0.15, 0.2) is 5.69 Å². The Bertz CT molecular complexity index is 786. The summed E-state index contributed by atoms with van der Waals surface area (Å²) < 4.78 is 1.38. The van der Waals surface area contributed by atoms with E-state index in [0.29, 0.717) is 34.8 Å². The van der Waals surface area contributed by atoms with Crippen LogP contribution in [0.4, 0.5) is 0 Å². The molecule has 0 radical (unpaired) electrons. The van der Waals surface area contributed by atoms with Gasteiger partial charge in [-0.2, -0.15) is 5.10 Å². The maximum absolute atomic E-state index is 13.0. The van der Waals surface area contributed by atoms with E-state index in [-0.39, 0.29) is 11.5 Å². The first-order chi connectivity index (χ1) is 11.0. The third-order valence-electron chi connectivity index (χ3n) is 4.53. The summed E-state index contributed by atoms with van der Waals surface area (Å²) >= 11 is 0.